The molecule has 11 heteroatoms. The summed E-state index contributed by atoms with van der Waals surface area (Å²) in [6.07, 6.45) is 2.56. The lowest BCUT2D eigenvalue weighted by Crippen LogP contribution is -2.38. The van der Waals surface area contributed by atoms with Crippen molar-refractivity contribution in [1.29, 1.82) is 0 Å². The fraction of sp³-hybridized carbons (Fsp3) is 0.333. The Kier molecular flexibility index (Phi) is 8.42. The van der Waals surface area contributed by atoms with E-state index in [0.717, 1.165) is 22.4 Å². The summed E-state index contributed by atoms with van der Waals surface area (Å²) >= 11 is 0. The average molecular weight is 597 g/mol. The third-order valence-corrected chi connectivity index (χ3v) is 10.7. The van der Waals surface area contributed by atoms with Crippen molar-refractivity contribution in [2.45, 2.75) is 61.3 Å². The van der Waals surface area contributed by atoms with E-state index >= 15 is 0 Å². The summed E-state index contributed by atoms with van der Waals surface area (Å²) in [5.41, 5.74) is 4.29. The van der Waals surface area contributed by atoms with E-state index in [1.165, 1.54) is 28.6 Å². The smallest absolute Gasteiger partial charge is 0.297 e. The maximum Gasteiger partial charge on any atom is 0.297 e. The van der Waals surface area contributed by atoms with Gasteiger partial charge in [-0.25, -0.2) is 8.42 Å². The minimum Gasteiger partial charge on any atom is -0.326 e. The van der Waals surface area contributed by atoms with Crippen LogP contribution in [-0.2, 0) is 53.2 Å². The zero-order chi connectivity index (χ0) is 29.2. The molecule has 3 aromatic rings. The second kappa shape index (κ2) is 11.8. The van der Waals surface area contributed by atoms with Crippen LogP contribution in [0.1, 0.15) is 41.5 Å². The van der Waals surface area contributed by atoms with Gasteiger partial charge in [0.1, 0.15) is 5.78 Å². The Balaban J connectivity index is 1.20. The van der Waals surface area contributed by atoms with Crippen LogP contribution in [0, 0.1) is 6.92 Å². The molecule has 216 valence electrons. The van der Waals surface area contributed by atoms with Crippen molar-refractivity contribution in [1.82, 2.24) is 4.31 Å². The number of sulfonamides is 1. The Morgan fingerprint density at radius 3 is 2.29 bits per heavy atom. The molecule has 0 bridgehead atoms. The standard InChI is InChI=1S/C30H32N2O7S2/c1-21-4-10-28(11-5-21)41(37,38)39-20-25-3-2-16-32(25)40(35,36)27-12-6-22(7-13-27)18-26(33)19-23-8-14-29-24(17-23)9-15-30(34)31-29/h4-8,10-14,17,25H,2-3,9,15-16,18-20H2,1H3,(H,31,34)/t25-/m0/s1. The molecule has 2 aliphatic heterocycles. The largest absolute Gasteiger partial charge is 0.326 e. The highest BCUT2D eigenvalue weighted by molar-refractivity contribution is 7.89. The molecule has 0 unspecified atom stereocenters. The fourth-order valence-electron chi connectivity index (χ4n) is 5.21. The van der Waals surface area contributed by atoms with Crippen molar-refractivity contribution in [2.24, 2.45) is 0 Å². The fourth-order valence-corrected chi connectivity index (χ4v) is 7.83. The first-order valence-corrected chi connectivity index (χ1v) is 16.4. The number of carbonyl (C=O) groups excluding carboxylic acids is 2. The summed E-state index contributed by atoms with van der Waals surface area (Å²) in [7, 11) is -7.90. The van der Waals surface area contributed by atoms with Gasteiger partial charge in [0.05, 0.1) is 22.4 Å². The molecule has 0 saturated carbocycles. The lowest BCUT2D eigenvalue weighted by molar-refractivity contribution is -0.118. The van der Waals surface area contributed by atoms with E-state index in [1.807, 2.05) is 25.1 Å². The summed E-state index contributed by atoms with van der Waals surface area (Å²) in [4.78, 5) is 24.4. The first-order chi connectivity index (χ1) is 19.5. The molecule has 1 saturated heterocycles. The molecule has 2 aliphatic rings. The lowest BCUT2D eigenvalue weighted by Gasteiger charge is -2.24. The number of hydrogen-bond donors (Lipinski definition) is 1. The Morgan fingerprint density at radius 1 is 0.902 bits per heavy atom. The molecule has 0 aromatic heterocycles. The molecule has 1 atom stereocenters. The lowest BCUT2D eigenvalue weighted by atomic mass is 9.97. The normalized spacial score (nSPS) is 17.7. The molecule has 1 amide bonds. The monoisotopic (exact) mass is 596 g/mol. The van der Waals surface area contributed by atoms with Crippen LogP contribution in [0.4, 0.5) is 5.69 Å². The van der Waals surface area contributed by atoms with Crippen molar-refractivity contribution in [2.75, 3.05) is 18.5 Å². The van der Waals surface area contributed by atoms with Crippen LogP contribution < -0.4 is 5.32 Å². The van der Waals surface area contributed by atoms with E-state index in [2.05, 4.69) is 5.32 Å². The first-order valence-electron chi connectivity index (χ1n) is 13.5. The highest BCUT2D eigenvalue weighted by Crippen LogP contribution is 2.28. The van der Waals surface area contributed by atoms with E-state index in [4.69, 9.17) is 4.18 Å². The summed E-state index contributed by atoms with van der Waals surface area (Å²) in [5, 5.41) is 2.83. The van der Waals surface area contributed by atoms with Crippen molar-refractivity contribution in [3.8, 4) is 0 Å². The molecule has 9 nitrogen and oxygen atoms in total. The van der Waals surface area contributed by atoms with Crippen LogP contribution >= 0.6 is 0 Å². The van der Waals surface area contributed by atoms with Crippen LogP contribution in [0.2, 0.25) is 0 Å². The van der Waals surface area contributed by atoms with Crippen LogP contribution in [0.15, 0.2) is 76.5 Å². The number of amides is 1. The van der Waals surface area contributed by atoms with Gasteiger partial charge in [-0.1, -0.05) is 42.0 Å². The van der Waals surface area contributed by atoms with E-state index in [0.29, 0.717) is 31.2 Å². The maximum absolute atomic E-state index is 13.4. The second-order valence-corrected chi connectivity index (χ2v) is 14.0. The summed E-state index contributed by atoms with van der Waals surface area (Å²) in [5.74, 6) is -0.0154. The third-order valence-electron chi connectivity index (χ3n) is 7.45. The predicted octanol–water partition coefficient (Wildman–Crippen LogP) is 3.79. The molecule has 3 aromatic carbocycles. The number of ketones is 1. The van der Waals surface area contributed by atoms with E-state index in [9.17, 15) is 26.4 Å². The zero-order valence-electron chi connectivity index (χ0n) is 22.7. The highest BCUT2D eigenvalue weighted by Gasteiger charge is 2.36. The molecular weight excluding hydrogens is 564 g/mol. The van der Waals surface area contributed by atoms with E-state index < -0.39 is 26.2 Å². The van der Waals surface area contributed by atoms with Gasteiger partial charge in [-0.2, -0.15) is 12.7 Å². The SMILES string of the molecule is Cc1ccc(S(=O)(=O)OC[C@@H]2CCCN2S(=O)(=O)c2ccc(CC(=O)Cc3ccc4c(c3)CCC(=O)N4)cc2)cc1. The predicted molar refractivity (Wildman–Crippen MR) is 153 cm³/mol. The van der Waals surface area contributed by atoms with Gasteiger partial charge in [0.2, 0.25) is 15.9 Å². The number of nitrogens with zero attached hydrogens (tertiary/aromatic N) is 1. The Hall–Kier alpha value is -3.38. The molecule has 41 heavy (non-hydrogen) atoms. The van der Waals surface area contributed by atoms with E-state index in [-0.39, 0.29) is 47.5 Å². The topological polar surface area (TPSA) is 127 Å². The molecule has 1 N–H and O–H groups in total. The molecule has 0 aliphatic carbocycles. The first kappa shape index (κ1) is 29.1. The van der Waals surface area contributed by atoms with Gasteiger partial charge < -0.3 is 5.32 Å². The summed E-state index contributed by atoms with van der Waals surface area (Å²) in [6, 6.07) is 17.5. The maximum atomic E-state index is 13.4. The number of nitrogens with one attached hydrogen (secondary N) is 1. The van der Waals surface area contributed by atoms with Gasteiger partial charge in [0.15, 0.2) is 0 Å². The Morgan fingerprint density at radius 2 is 1.56 bits per heavy atom. The number of rotatable bonds is 10. The van der Waals surface area contributed by atoms with Gasteiger partial charge in [0, 0.05) is 31.5 Å². The van der Waals surface area contributed by atoms with E-state index in [1.54, 1.807) is 24.3 Å². The minimum absolute atomic E-state index is 0.00746. The minimum atomic E-state index is -4.01. The van der Waals surface area contributed by atoms with Gasteiger partial charge >= 0.3 is 0 Å². The van der Waals surface area contributed by atoms with Crippen LogP contribution in [0.3, 0.4) is 0 Å². The Labute approximate surface area is 240 Å². The van der Waals surface area contributed by atoms with Gasteiger partial charge in [0.25, 0.3) is 10.1 Å². The van der Waals surface area contributed by atoms with Crippen molar-refractivity contribution >= 4 is 37.5 Å². The highest BCUT2D eigenvalue weighted by atomic mass is 32.2. The number of aryl methyl sites for hydroxylation is 2. The molecule has 0 radical (unpaired) electrons. The number of Topliss-reactive ketones (excluding diaryl/α,β-unsaturated/α-hetero) is 1. The van der Waals surface area contributed by atoms with Gasteiger partial charge in [-0.3, -0.25) is 13.8 Å². The molecule has 0 spiro atoms. The Bertz CT molecular complexity index is 1670. The van der Waals surface area contributed by atoms with Crippen molar-refractivity contribution < 1.29 is 30.6 Å². The number of carbonyl (C=O) groups is 2. The van der Waals surface area contributed by atoms with Gasteiger partial charge in [-0.15, -0.1) is 0 Å². The van der Waals surface area contributed by atoms with Crippen LogP contribution in [0.5, 0.6) is 0 Å². The summed E-state index contributed by atoms with van der Waals surface area (Å²) < 4.78 is 58.6. The second-order valence-electron chi connectivity index (χ2n) is 10.5. The third kappa shape index (κ3) is 6.75. The van der Waals surface area contributed by atoms with Crippen molar-refractivity contribution in [3.05, 3.63) is 89.0 Å². The number of hydrogen-bond acceptors (Lipinski definition) is 7. The molecule has 2 heterocycles. The van der Waals surface area contributed by atoms with Crippen LogP contribution in [-0.4, -0.2) is 52.0 Å². The molecule has 5 rings (SSSR count). The molecule has 1 fully saturated rings. The quantitative estimate of drug-likeness (QED) is 0.353. The number of fused-ring (bicyclic) bond motifs is 1. The van der Waals surface area contributed by atoms with Crippen molar-refractivity contribution in [3.63, 3.8) is 0 Å². The number of anilines is 1. The summed E-state index contributed by atoms with van der Waals surface area (Å²) in [6.45, 7) is 1.85. The van der Waals surface area contributed by atoms with Gasteiger partial charge in [-0.05, 0) is 73.2 Å². The van der Waals surface area contributed by atoms with Crippen LogP contribution in [0.25, 0.3) is 0 Å². The average Bonchev–Trinajstić information content (AvgIpc) is 3.42. The molecular formula is C30H32N2O7S2. The number of benzene rings is 3. The zero-order valence-corrected chi connectivity index (χ0v) is 24.3.